The Morgan fingerprint density at radius 1 is 0.758 bits per heavy atom. The highest BCUT2D eigenvalue weighted by atomic mass is 32.2. The second kappa shape index (κ2) is 8.52. The summed E-state index contributed by atoms with van der Waals surface area (Å²) in [5.74, 6) is -1.82. The van der Waals surface area contributed by atoms with Gasteiger partial charge in [-0.25, -0.2) is 4.39 Å². The first-order chi connectivity index (χ1) is 16.0. The van der Waals surface area contributed by atoms with Crippen molar-refractivity contribution in [3.8, 4) is 11.1 Å². The summed E-state index contributed by atoms with van der Waals surface area (Å²) in [6.07, 6.45) is 0. The van der Waals surface area contributed by atoms with Gasteiger partial charge in [0.1, 0.15) is 5.82 Å². The number of hydrazine groups is 1. The molecule has 0 atom stereocenters. The normalized spacial score (nSPS) is 11.7. The highest BCUT2D eigenvalue weighted by Gasteiger charge is 2.25. The fourth-order valence-corrected chi connectivity index (χ4v) is 4.85. The van der Waals surface area contributed by atoms with Crippen LogP contribution in [0.25, 0.3) is 21.9 Å². The maximum atomic E-state index is 13.7. The summed E-state index contributed by atoms with van der Waals surface area (Å²) < 4.78 is 13.7. The van der Waals surface area contributed by atoms with Crippen molar-refractivity contribution < 1.29 is 18.8 Å². The number of ketones is 1. The Morgan fingerprint density at radius 3 is 2.30 bits per heavy atom. The van der Waals surface area contributed by atoms with Crippen molar-refractivity contribution in [3.63, 3.8) is 0 Å². The van der Waals surface area contributed by atoms with Crippen LogP contribution in [0.15, 0.2) is 83.8 Å². The molecule has 33 heavy (non-hydrogen) atoms. The van der Waals surface area contributed by atoms with Crippen molar-refractivity contribution in [1.29, 1.82) is 0 Å². The molecule has 2 amide bonds. The Balaban J connectivity index is 1.34. The van der Waals surface area contributed by atoms with Crippen molar-refractivity contribution in [1.82, 2.24) is 10.9 Å². The van der Waals surface area contributed by atoms with Crippen LogP contribution in [0.3, 0.4) is 0 Å². The minimum atomic E-state index is -0.731. The molecule has 162 valence electrons. The molecular weight excluding hydrogens is 439 g/mol. The van der Waals surface area contributed by atoms with Gasteiger partial charge < -0.3 is 0 Å². The fraction of sp³-hybridized carbons (Fsp3) is 0.0385. The lowest BCUT2D eigenvalue weighted by Gasteiger charge is -2.21. The summed E-state index contributed by atoms with van der Waals surface area (Å²) in [4.78, 5) is 38.2. The second-order valence-electron chi connectivity index (χ2n) is 7.48. The number of halogens is 1. The highest BCUT2D eigenvalue weighted by Crippen LogP contribution is 2.42. The molecule has 0 radical (unpaired) electrons. The molecule has 5 nitrogen and oxygen atoms in total. The third-order valence-electron chi connectivity index (χ3n) is 5.50. The Bertz CT molecular complexity index is 1450. The summed E-state index contributed by atoms with van der Waals surface area (Å²) in [5.41, 5.74) is 7.60. The SMILES string of the molecule is O=C(CSc1ccc2c3c(cccc13)C(=O)c1ccccc1-2)NNC(=O)c1ccccc1F. The Labute approximate surface area is 193 Å². The lowest BCUT2D eigenvalue weighted by Crippen LogP contribution is -2.42. The topological polar surface area (TPSA) is 75.3 Å². The molecule has 0 saturated heterocycles. The van der Waals surface area contributed by atoms with Crippen molar-refractivity contribution >= 4 is 40.1 Å². The number of nitrogens with one attached hydrogen (secondary N) is 2. The van der Waals surface area contributed by atoms with Gasteiger partial charge in [0, 0.05) is 21.4 Å². The van der Waals surface area contributed by atoms with Crippen LogP contribution in [0.4, 0.5) is 4.39 Å². The van der Waals surface area contributed by atoms with Gasteiger partial charge in [-0.05, 0) is 34.7 Å². The van der Waals surface area contributed by atoms with E-state index in [0.717, 1.165) is 26.8 Å². The third-order valence-corrected chi connectivity index (χ3v) is 6.57. The number of benzene rings is 4. The van der Waals surface area contributed by atoms with E-state index in [4.69, 9.17) is 0 Å². The van der Waals surface area contributed by atoms with E-state index in [-0.39, 0.29) is 17.1 Å². The summed E-state index contributed by atoms with van der Waals surface area (Å²) in [7, 11) is 0. The zero-order chi connectivity index (χ0) is 22.9. The first-order valence-corrected chi connectivity index (χ1v) is 11.2. The molecule has 5 rings (SSSR count). The number of fused-ring (bicyclic) bond motifs is 2. The summed E-state index contributed by atoms with van der Waals surface area (Å²) in [5, 5.41) is 1.76. The number of hydrogen-bond acceptors (Lipinski definition) is 4. The van der Waals surface area contributed by atoms with Crippen LogP contribution in [-0.4, -0.2) is 23.4 Å². The van der Waals surface area contributed by atoms with Gasteiger partial charge in [0.25, 0.3) is 5.91 Å². The van der Waals surface area contributed by atoms with Gasteiger partial charge in [0.05, 0.1) is 11.3 Å². The second-order valence-corrected chi connectivity index (χ2v) is 8.50. The molecule has 0 aliphatic heterocycles. The first kappa shape index (κ1) is 20.9. The standard InChI is InChI=1S/C26H17FN2O3S/c27-21-11-4-3-8-18(21)26(32)29-28-23(30)14-33-22-13-12-16-15-6-1-2-7-17(15)25(31)20-10-5-9-19(22)24(16)20/h1-13H,14H2,(H,28,30)(H,29,32). The summed E-state index contributed by atoms with van der Waals surface area (Å²) >= 11 is 1.29. The summed E-state index contributed by atoms with van der Waals surface area (Å²) in [6.45, 7) is 0. The predicted octanol–water partition coefficient (Wildman–Crippen LogP) is 4.74. The van der Waals surface area contributed by atoms with Crippen molar-refractivity contribution in [2.75, 3.05) is 5.75 Å². The molecule has 0 unspecified atom stereocenters. The van der Waals surface area contributed by atoms with Crippen molar-refractivity contribution in [3.05, 3.63) is 101 Å². The average Bonchev–Trinajstić information content (AvgIpc) is 2.85. The van der Waals surface area contributed by atoms with Gasteiger partial charge in [-0.1, -0.05) is 60.7 Å². The molecule has 0 fully saturated rings. The van der Waals surface area contributed by atoms with E-state index in [1.165, 1.54) is 36.0 Å². The van der Waals surface area contributed by atoms with Gasteiger partial charge in [0.15, 0.2) is 5.78 Å². The largest absolute Gasteiger partial charge is 0.289 e. The van der Waals surface area contributed by atoms with Gasteiger partial charge >= 0.3 is 0 Å². The molecule has 0 spiro atoms. The van der Waals surface area contributed by atoms with Crippen LogP contribution in [-0.2, 0) is 4.79 Å². The number of carbonyl (C=O) groups is 3. The molecule has 2 N–H and O–H groups in total. The van der Waals surface area contributed by atoms with E-state index in [2.05, 4.69) is 10.9 Å². The molecule has 4 aromatic carbocycles. The van der Waals surface area contributed by atoms with Crippen LogP contribution >= 0.6 is 11.8 Å². The number of hydrogen-bond donors (Lipinski definition) is 2. The fourth-order valence-electron chi connectivity index (χ4n) is 4.00. The first-order valence-electron chi connectivity index (χ1n) is 10.2. The Kier molecular flexibility index (Phi) is 5.40. The third kappa shape index (κ3) is 3.76. The molecule has 0 heterocycles. The lowest BCUT2D eigenvalue weighted by atomic mass is 9.83. The van der Waals surface area contributed by atoms with Crippen LogP contribution in [0.5, 0.6) is 0 Å². The quantitative estimate of drug-likeness (QED) is 0.303. The molecule has 0 saturated carbocycles. The summed E-state index contributed by atoms with van der Waals surface area (Å²) in [6, 6.07) is 22.6. The van der Waals surface area contributed by atoms with Gasteiger partial charge in [0.2, 0.25) is 5.91 Å². The lowest BCUT2D eigenvalue weighted by molar-refractivity contribution is -0.119. The molecule has 4 aromatic rings. The van der Waals surface area contributed by atoms with E-state index in [0.29, 0.717) is 11.1 Å². The monoisotopic (exact) mass is 456 g/mol. The minimum Gasteiger partial charge on any atom is -0.289 e. The average molecular weight is 456 g/mol. The van der Waals surface area contributed by atoms with Crippen LogP contribution in [0.2, 0.25) is 0 Å². The van der Waals surface area contributed by atoms with Gasteiger partial charge in [-0.2, -0.15) is 0 Å². The van der Waals surface area contributed by atoms with Crippen LogP contribution < -0.4 is 10.9 Å². The number of rotatable bonds is 4. The van der Waals surface area contributed by atoms with Gasteiger partial charge in [-0.3, -0.25) is 25.2 Å². The molecular formula is C26H17FN2O3S. The van der Waals surface area contributed by atoms with E-state index >= 15 is 0 Å². The maximum Gasteiger partial charge on any atom is 0.272 e. The van der Waals surface area contributed by atoms with E-state index in [1.807, 2.05) is 54.6 Å². The Morgan fingerprint density at radius 2 is 1.48 bits per heavy atom. The van der Waals surface area contributed by atoms with Gasteiger partial charge in [-0.15, -0.1) is 11.8 Å². The van der Waals surface area contributed by atoms with Crippen LogP contribution in [0, 0.1) is 5.82 Å². The zero-order valence-corrected chi connectivity index (χ0v) is 18.0. The van der Waals surface area contributed by atoms with Crippen LogP contribution in [0.1, 0.15) is 26.3 Å². The maximum absolute atomic E-state index is 13.7. The van der Waals surface area contributed by atoms with Crippen molar-refractivity contribution in [2.45, 2.75) is 4.90 Å². The molecule has 0 aromatic heterocycles. The van der Waals surface area contributed by atoms with Crippen molar-refractivity contribution in [2.24, 2.45) is 0 Å². The highest BCUT2D eigenvalue weighted by molar-refractivity contribution is 8.00. The van der Waals surface area contributed by atoms with E-state index < -0.39 is 17.6 Å². The Hall–Kier alpha value is -3.97. The molecule has 7 heteroatoms. The van der Waals surface area contributed by atoms with E-state index in [1.54, 1.807) is 0 Å². The van der Waals surface area contributed by atoms with E-state index in [9.17, 15) is 18.8 Å². The number of amides is 2. The molecule has 1 aliphatic rings. The smallest absolute Gasteiger partial charge is 0.272 e. The zero-order valence-electron chi connectivity index (χ0n) is 17.2. The minimum absolute atomic E-state index is 0.0144. The number of carbonyl (C=O) groups excluding carboxylic acids is 3. The molecule has 1 aliphatic carbocycles. The number of thioether (sulfide) groups is 1. The molecule has 0 bridgehead atoms. The predicted molar refractivity (Wildman–Crippen MR) is 126 cm³/mol.